The summed E-state index contributed by atoms with van der Waals surface area (Å²) < 4.78 is 0. The molecular formula is C17H18N2O3. The van der Waals surface area contributed by atoms with Gasteiger partial charge in [-0.15, -0.1) is 0 Å². The van der Waals surface area contributed by atoms with Gasteiger partial charge in [-0.25, -0.2) is 0 Å². The van der Waals surface area contributed by atoms with Crippen molar-refractivity contribution in [1.29, 1.82) is 0 Å². The number of ketones is 1. The van der Waals surface area contributed by atoms with Gasteiger partial charge < -0.3 is 5.32 Å². The third-order valence-corrected chi connectivity index (χ3v) is 3.70. The van der Waals surface area contributed by atoms with Gasteiger partial charge in [0, 0.05) is 23.7 Å². The van der Waals surface area contributed by atoms with E-state index < -0.39 is 4.92 Å². The number of anilines is 1. The predicted molar refractivity (Wildman–Crippen MR) is 85.7 cm³/mol. The summed E-state index contributed by atoms with van der Waals surface area (Å²) in [4.78, 5) is 22.1. The fourth-order valence-electron chi connectivity index (χ4n) is 2.25. The molecule has 0 saturated carbocycles. The number of rotatable bonds is 6. The van der Waals surface area contributed by atoms with Gasteiger partial charge in [0.2, 0.25) is 0 Å². The molecule has 0 spiro atoms. The Hall–Kier alpha value is -2.69. The van der Waals surface area contributed by atoms with Crippen molar-refractivity contribution >= 4 is 17.2 Å². The first kappa shape index (κ1) is 15.7. The summed E-state index contributed by atoms with van der Waals surface area (Å²) >= 11 is 0. The van der Waals surface area contributed by atoms with Crippen LogP contribution in [0.2, 0.25) is 0 Å². The summed E-state index contributed by atoms with van der Waals surface area (Å²) in [6, 6.07) is 15.7. The minimum Gasteiger partial charge on any atom is -0.378 e. The van der Waals surface area contributed by atoms with Crippen LogP contribution in [0.1, 0.15) is 25.5 Å². The van der Waals surface area contributed by atoms with E-state index in [1.54, 1.807) is 19.1 Å². The predicted octanol–water partition coefficient (Wildman–Crippen LogP) is 3.97. The molecule has 5 nitrogen and oxygen atoms in total. The smallest absolute Gasteiger partial charge is 0.269 e. The average molecular weight is 298 g/mol. The first-order chi connectivity index (χ1) is 10.5. The number of Topliss-reactive ketones (excluding diaryl/α,β-unsaturated/α-hetero) is 1. The molecule has 114 valence electrons. The van der Waals surface area contributed by atoms with Gasteiger partial charge in [0.25, 0.3) is 5.69 Å². The summed E-state index contributed by atoms with van der Waals surface area (Å²) in [7, 11) is 0. The topological polar surface area (TPSA) is 72.2 Å². The van der Waals surface area contributed by atoms with Crippen LogP contribution in [0, 0.1) is 16.0 Å². The third kappa shape index (κ3) is 3.69. The lowest BCUT2D eigenvalue weighted by atomic mass is 9.91. The SMILES string of the molecule is CC(=O)[C@H](C)[C@@H](Nc1ccccc1)c1ccc([N+](=O)[O-])cc1. The van der Waals surface area contributed by atoms with Crippen molar-refractivity contribution in [3.8, 4) is 0 Å². The molecule has 0 fully saturated rings. The fourth-order valence-corrected chi connectivity index (χ4v) is 2.25. The molecule has 5 heteroatoms. The molecule has 1 N–H and O–H groups in total. The molecule has 0 aliphatic heterocycles. The number of carbonyl (C=O) groups excluding carboxylic acids is 1. The maximum Gasteiger partial charge on any atom is 0.269 e. The Bertz CT molecular complexity index is 653. The van der Waals surface area contributed by atoms with Crippen LogP contribution >= 0.6 is 0 Å². The summed E-state index contributed by atoms with van der Waals surface area (Å²) in [5, 5.41) is 14.1. The molecule has 22 heavy (non-hydrogen) atoms. The maximum absolute atomic E-state index is 11.8. The molecule has 0 heterocycles. The number of nitro groups is 1. The minimum absolute atomic E-state index is 0.0395. The van der Waals surface area contributed by atoms with Crippen molar-refractivity contribution in [1.82, 2.24) is 0 Å². The van der Waals surface area contributed by atoms with Crippen molar-refractivity contribution in [2.75, 3.05) is 5.32 Å². The van der Waals surface area contributed by atoms with E-state index in [-0.39, 0.29) is 23.4 Å². The number of nitro benzene ring substituents is 1. The van der Waals surface area contributed by atoms with E-state index in [2.05, 4.69) is 5.32 Å². The van der Waals surface area contributed by atoms with Crippen molar-refractivity contribution < 1.29 is 9.72 Å². The van der Waals surface area contributed by atoms with E-state index in [0.717, 1.165) is 11.3 Å². The zero-order valence-corrected chi connectivity index (χ0v) is 12.5. The second-order valence-electron chi connectivity index (χ2n) is 5.24. The van der Waals surface area contributed by atoms with Gasteiger partial charge in [0.15, 0.2) is 0 Å². The van der Waals surface area contributed by atoms with Gasteiger partial charge in [-0.2, -0.15) is 0 Å². The monoisotopic (exact) mass is 298 g/mol. The molecule has 2 atom stereocenters. The number of benzene rings is 2. The summed E-state index contributed by atoms with van der Waals surface area (Å²) in [6.07, 6.45) is 0. The summed E-state index contributed by atoms with van der Waals surface area (Å²) in [6.45, 7) is 3.40. The number of non-ortho nitro benzene ring substituents is 1. The number of para-hydroxylation sites is 1. The van der Waals surface area contributed by atoms with Gasteiger partial charge in [-0.3, -0.25) is 14.9 Å². The van der Waals surface area contributed by atoms with Crippen LogP contribution in [0.15, 0.2) is 54.6 Å². The second-order valence-corrected chi connectivity index (χ2v) is 5.24. The Morgan fingerprint density at radius 3 is 2.18 bits per heavy atom. The number of hydrogen-bond donors (Lipinski definition) is 1. The number of hydrogen-bond acceptors (Lipinski definition) is 4. The van der Waals surface area contributed by atoms with Crippen LogP contribution in [0.3, 0.4) is 0 Å². The molecular weight excluding hydrogens is 280 g/mol. The van der Waals surface area contributed by atoms with Gasteiger partial charge in [0.1, 0.15) is 5.78 Å². The molecule has 2 aromatic rings. The van der Waals surface area contributed by atoms with Gasteiger partial charge in [0.05, 0.1) is 11.0 Å². The van der Waals surface area contributed by atoms with Gasteiger partial charge >= 0.3 is 0 Å². The average Bonchev–Trinajstić information content (AvgIpc) is 2.53. The highest BCUT2D eigenvalue weighted by Crippen LogP contribution is 2.28. The van der Waals surface area contributed by atoms with E-state index in [0.29, 0.717) is 0 Å². The standard InChI is InChI=1S/C17H18N2O3/c1-12(13(2)20)17(18-15-6-4-3-5-7-15)14-8-10-16(11-9-14)19(21)22/h3-12,17-18H,1-2H3/t12-,17+/m0/s1. The number of nitrogens with zero attached hydrogens (tertiary/aromatic N) is 1. The summed E-state index contributed by atoms with van der Waals surface area (Å²) in [5.74, 6) is -0.187. The van der Waals surface area contributed by atoms with E-state index in [4.69, 9.17) is 0 Å². The normalized spacial score (nSPS) is 13.2. The van der Waals surface area contributed by atoms with E-state index in [1.165, 1.54) is 12.1 Å². The van der Waals surface area contributed by atoms with Gasteiger partial charge in [-0.1, -0.05) is 37.3 Å². The molecule has 0 aliphatic carbocycles. The van der Waals surface area contributed by atoms with Crippen molar-refractivity contribution in [2.24, 2.45) is 5.92 Å². The molecule has 0 unspecified atom stereocenters. The quantitative estimate of drug-likeness (QED) is 0.647. The molecule has 2 rings (SSSR count). The highest BCUT2D eigenvalue weighted by molar-refractivity contribution is 5.79. The Labute approximate surface area is 129 Å². The van der Waals surface area contributed by atoms with Gasteiger partial charge in [-0.05, 0) is 24.6 Å². The highest BCUT2D eigenvalue weighted by atomic mass is 16.6. The van der Waals surface area contributed by atoms with Crippen LogP contribution in [-0.4, -0.2) is 10.7 Å². The maximum atomic E-state index is 11.8. The van der Waals surface area contributed by atoms with Crippen LogP contribution in [0.25, 0.3) is 0 Å². The van der Waals surface area contributed by atoms with E-state index in [9.17, 15) is 14.9 Å². The van der Waals surface area contributed by atoms with E-state index in [1.807, 2.05) is 37.3 Å². The Morgan fingerprint density at radius 2 is 1.68 bits per heavy atom. The Balaban J connectivity index is 2.31. The molecule has 0 aromatic heterocycles. The Kier molecular flexibility index (Phi) is 4.88. The molecule has 0 amide bonds. The van der Waals surface area contributed by atoms with Crippen LogP contribution in [0.4, 0.5) is 11.4 Å². The Morgan fingerprint density at radius 1 is 1.09 bits per heavy atom. The van der Waals surface area contributed by atoms with Crippen molar-refractivity contribution in [2.45, 2.75) is 19.9 Å². The first-order valence-corrected chi connectivity index (χ1v) is 7.05. The van der Waals surface area contributed by atoms with Crippen LogP contribution in [0.5, 0.6) is 0 Å². The first-order valence-electron chi connectivity index (χ1n) is 7.05. The zero-order chi connectivity index (χ0) is 16.1. The lowest BCUT2D eigenvalue weighted by Crippen LogP contribution is -2.24. The molecule has 0 aliphatic rings. The van der Waals surface area contributed by atoms with E-state index >= 15 is 0 Å². The largest absolute Gasteiger partial charge is 0.378 e. The minimum atomic E-state index is -0.433. The lowest BCUT2D eigenvalue weighted by Gasteiger charge is -2.25. The van der Waals surface area contributed by atoms with Crippen LogP contribution < -0.4 is 5.32 Å². The molecule has 0 bridgehead atoms. The second kappa shape index (κ2) is 6.85. The van der Waals surface area contributed by atoms with Crippen molar-refractivity contribution in [3.05, 3.63) is 70.3 Å². The number of carbonyl (C=O) groups is 1. The van der Waals surface area contributed by atoms with Crippen LogP contribution in [-0.2, 0) is 4.79 Å². The fraction of sp³-hybridized carbons (Fsp3) is 0.235. The zero-order valence-electron chi connectivity index (χ0n) is 12.5. The third-order valence-electron chi connectivity index (χ3n) is 3.70. The highest BCUT2D eigenvalue weighted by Gasteiger charge is 2.23. The molecule has 0 radical (unpaired) electrons. The summed E-state index contributed by atoms with van der Waals surface area (Å²) in [5.41, 5.74) is 1.79. The molecule has 2 aromatic carbocycles. The lowest BCUT2D eigenvalue weighted by molar-refractivity contribution is -0.384. The number of nitrogens with one attached hydrogen (secondary N) is 1. The van der Waals surface area contributed by atoms with Crippen molar-refractivity contribution in [3.63, 3.8) is 0 Å². The molecule has 0 saturated heterocycles.